The maximum atomic E-state index is 11.0. The van der Waals surface area contributed by atoms with Crippen molar-refractivity contribution >= 4 is 6.09 Å². The summed E-state index contributed by atoms with van der Waals surface area (Å²) in [6.07, 6.45) is 3.13. The SMILES string of the molecule is Cc1cncn1CCC(OC(N)=O)c1ccccc1. The molecule has 0 spiro atoms. The van der Waals surface area contributed by atoms with Gasteiger partial charge in [-0.15, -0.1) is 0 Å². The van der Waals surface area contributed by atoms with Crippen LogP contribution < -0.4 is 5.73 Å². The second kappa shape index (κ2) is 6.04. The molecule has 19 heavy (non-hydrogen) atoms. The van der Waals surface area contributed by atoms with Crippen LogP contribution in [0.15, 0.2) is 42.9 Å². The van der Waals surface area contributed by atoms with E-state index in [2.05, 4.69) is 4.98 Å². The average Bonchev–Trinajstić information content (AvgIpc) is 2.81. The van der Waals surface area contributed by atoms with Gasteiger partial charge in [0.05, 0.1) is 6.33 Å². The van der Waals surface area contributed by atoms with Crippen LogP contribution in [-0.2, 0) is 11.3 Å². The lowest BCUT2D eigenvalue weighted by atomic mass is 10.1. The highest BCUT2D eigenvalue weighted by molar-refractivity contribution is 5.65. The van der Waals surface area contributed by atoms with Gasteiger partial charge >= 0.3 is 6.09 Å². The summed E-state index contributed by atoms with van der Waals surface area (Å²) in [5.41, 5.74) is 7.15. The first-order chi connectivity index (χ1) is 9.16. The minimum Gasteiger partial charge on any atom is -0.441 e. The molecule has 1 unspecified atom stereocenters. The number of amides is 1. The zero-order valence-electron chi connectivity index (χ0n) is 10.8. The molecular weight excluding hydrogens is 242 g/mol. The Morgan fingerprint density at radius 1 is 1.42 bits per heavy atom. The number of nitrogens with two attached hydrogens (primary N) is 1. The lowest BCUT2D eigenvalue weighted by molar-refractivity contribution is 0.0982. The number of rotatable bonds is 5. The predicted octanol–water partition coefficient (Wildman–Crippen LogP) is 2.42. The molecule has 100 valence electrons. The number of ether oxygens (including phenoxy) is 1. The van der Waals surface area contributed by atoms with E-state index in [1.54, 1.807) is 12.5 Å². The molecular formula is C14H17N3O2. The lowest BCUT2D eigenvalue weighted by Crippen LogP contribution is -2.18. The maximum absolute atomic E-state index is 11.0. The van der Waals surface area contributed by atoms with E-state index in [1.165, 1.54) is 0 Å². The van der Waals surface area contributed by atoms with Crippen LogP contribution in [0.4, 0.5) is 4.79 Å². The number of nitrogens with zero attached hydrogens (tertiary/aromatic N) is 2. The smallest absolute Gasteiger partial charge is 0.405 e. The van der Waals surface area contributed by atoms with Crippen molar-refractivity contribution in [3.05, 3.63) is 54.1 Å². The fraction of sp³-hybridized carbons (Fsp3) is 0.286. The number of hydrogen-bond donors (Lipinski definition) is 1. The number of benzene rings is 1. The van der Waals surface area contributed by atoms with Crippen molar-refractivity contribution in [2.24, 2.45) is 5.73 Å². The molecule has 0 bridgehead atoms. The third kappa shape index (κ3) is 3.58. The van der Waals surface area contributed by atoms with Crippen molar-refractivity contribution < 1.29 is 9.53 Å². The fourth-order valence-corrected chi connectivity index (χ4v) is 1.98. The summed E-state index contributed by atoms with van der Waals surface area (Å²) in [6, 6.07) is 9.60. The number of carbonyl (C=O) groups is 1. The van der Waals surface area contributed by atoms with Crippen LogP contribution in [-0.4, -0.2) is 15.6 Å². The minimum atomic E-state index is -0.754. The highest BCUT2D eigenvalue weighted by Crippen LogP contribution is 2.22. The van der Waals surface area contributed by atoms with Gasteiger partial charge in [0, 0.05) is 24.9 Å². The summed E-state index contributed by atoms with van der Waals surface area (Å²) >= 11 is 0. The van der Waals surface area contributed by atoms with Gasteiger partial charge in [0.1, 0.15) is 6.10 Å². The van der Waals surface area contributed by atoms with Crippen LogP contribution in [0.5, 0.6) is 0 Å². The monoisotopic (exact) mass is 259 g/mol. The molecule has 1 aromatic heterocycles. The summed E-state index contributed by atoms with van der Waals surface area (Å²) in [6.45, 7) is 2.71. The van der Waals surface area contributed by atoms with Crippen LogP contribution in [0, 0.1) is 6.92 Å². The summed E-state index contributed by atoms with van der Waals surface area (Å²) in [7, 11) is 0. The zero-order valence-corrected chi connectivity index (χ0v) is 10.8. The molecule has 2 rings (SSSR count). The van der Waals surface area contributed by atoms with Crippen molar-refractivity contribution in [3.63, 3.8) is 0 Å². The van der Waals surface area contributed by atoms with Gasteiger partial charge in [0.2, 0.25) is 0 Å². The standard InChI is InChI=1S/C14H17N3O2/c1-11-9-16-10-17(11)8-7-13(19-14(15)18)12-5-3-2-4-6-12/h2-6,9-10,13H,7-8H2,1H3,(H2,15,18). The summed E-state index contributed by atoms with van der Waals surface area (Å²) in [4.78, 5) is 15.1. The second-order valence-corrected chi connectivity index (χ2v) is 4.35. The van der Waals surface area contributed by atoms with E-state index in [0.717, 1.165) is 17.8 Å². The van der Waals surface area contributed by atoms with Gasteiger partial charge < -0.3 is 15.0 Å². The van der Waals surface area contributed by atoms with Gasteiger partial charge in [-0.25, -0.2) is 9.78 Å². The van der Waals surface area contributed by atoms with E-state index in [1.807, 2.05) is 41.8 Å². The van der Waals surface area contributed by atoms with Gasteiger partial charge in [-0.3, -0.25) is 0 Å². The third-order valence-corrected chi connectivity index (χ3v) is 2.98. The Bertz CT molecular complexity index is 537. The molecule has 2 aromatic rings. The number of hydrogen-bond acceptors (Lipinski definition) is 3. The minimum absolute atomic E-state index is 0.333. The van der Waals surface area contributed by atoms with Crippen LogP contribution in [0.3, 0.4) is 0 Å². The molecule has 0 saturated carbocycles. The molecule has 5 nitrogen and oxygen atoms in total. The third-order valence-electron chi connectivity index (χ3n) is 2.98. The molecule has 1 amide bonds. The number of primary amides is 1. The van der Waals surface area contributed by atoms with Gasteiger partial charge in [0.15, 0.2) is 0 Å². The Labute approximate surface area is 112 Å². The molecule has 0 aliphatic heterocycles. The molecule has 0 aliphatic carbocycles. The molecule has 1 atom stereocenters. The van der Waals surface area contributed by atoms with E-state index < -0.39 is 6.09 Å². The summed E-state index contributed by atoms with van der Waals surface area (Å²) in [5, 5.41) is 0. The van der Waals surface area contributed by atoms with Crippen molar-refractivity contribution in [1.82, 2.24) is 9.55 Å². The highest BCUT2D eigenvalue weighted by atomic mass is 16.6. The second-order valence-electron chi connectivity index (χ2n) is 4.35. The van der Waals surface area contributed by atoms with E-state index in [9.17, 15) is 4.79 Å². The Balaban J connectivity index is 2.06. The molecule has 0 saturated heterocycles. The van der Waals surface area contributed by atoms with Crippen LogP contribution in [0.1, 0.15) is 23.8 Å². The van der Waals surface area contributed by atoms with Crippen molar-refractivity contribution in [2.45, 2.75) is 26.0 Å². The molecule has 0 radical (unpaired) electrons. The molecule has 0 aliphatic rings. The van der Waals surface area contributed by atoms with Gasteiger partial charge in [-0.1, -0.05) is 30.3 Å². The summed E-state index contributed by atoms with van der Waals surface area (Å²) in [5.74, 6) is 0. The zero-order chi connectivity index (χ0) is 13.7. The quantitative estimate of drug-likeness (QED) is 0.896. The topological polar surface area (TPSA) is 70.1 Å². The van der Waals surface area contributed by atoms with Gasteiger partial charge in [0.25, 0.3) is 0 Å². The van der Waals surface area contributed by atoms with Crippen LogP contribution in [0.25, 0.3) is 0 Å². The van der Waals surface area contributed by atoms with Crippen LogP contribution in [0.2, 0.25) is 0 Å². The van der Waals surface area contributed by atoms with Crippen molar-refractivity contribution in [2.75, 3.05) is 0 Å². The molecule has 2 N–H and O–H groups in total. The molecule has 5 heteroatoms. The number of aryl methyl sites for hydroxylation is 2. The Morgan fingerprint density at radius 2 is 2.16 bits per heavy atom. The van der Waals surface area contributed by atoms with Crippen LogP contribution >= 0.6 is 0 Å². The predicted molar refractivity (Wildman–Crippen MR) is 71.4 cm³/mol. The fourth-order valence-electron chi connectivity index (χ4n) is 1.98. The maximum Gasteiger partial charge on any atom is 0.405 e. The van der Waals surface area contributed by atoms with E-state index in [-0.39, 0.29) is 6.10 Å². The van der Waals surface area contributed by atoms with Crippen molar-refractivity contribution in [3.8, 4) is 0 Å². The van der Waals surface area contributed by atoms with Gasteiger partial charge in [-0.05, 0) is 12.5 Å². The number of aromatic nitrogens is 2. The Kier molecular flexibility index (Phi) is 4.18. The molecule has 1 aromatic carbocycles. The van der Waals surface area contributed by atoms with Crippen molar-refractivity contribution in [1.29, 1.82) is 0 Å². The summed E-state index contributed by atoms with van der Waals surface area (Å²) < 4.78 is 7.19. The van der Waals surface area contributed by atoms with Gasteiger partial charge in [-0.2, -0.15) is 0 Å². The largest absolute Gasteiger partial charge is 0.441 e. The number of imidazole rings is 1. The first-order valence-electron chi connectivity index (χ1n) is 6.14. The molecule has 0 fully saturated rings. The van der Waals surface area contributed by atoms with E-state index in [0.29, 0.717) is 6.42 Å². The first kappa shape index (κ1) is 13.1. The number of carbonyl (C=O) groups excluding carboxylic acids is 1. The molecule has 1 heterocycles. The van der Waals surface area contributed by atoms with E-state index >= 15 is 0 Å². The average molecular weight is 259 g/mol. The Hall–Kier alpha value is -2.30. The van der Waals surface area contributed by atoms with E-state index in [4.69, 9.17) is 10.5 Å². The lowest BCUT2D eigenvalue weighted by Gasteiger charge is -2.17. The highest BCUT2D eigenvalue weighted by Gasteiger charge is 2.15. The first-order valence-corrected chi connectivity index (χ1v) is 6.14. The normalized spacial score (nSPS) is 12.1. The Morgan fingerprint density at radius 3 is 2.74 bits per heavy atom.